The minimum absolute atomic E-state index is 0.360. The minimum Gasteiger partial charge on any atom is -0.444 e. The van der Waals surface area contributed by atoms with Gasteiger partial charge in [-0.05, 0) is 20.8 Å². The molecule has 33 heavy (non-hydrogen) atoms. The molecule has 0 aliphatic carbocycles. The Morgan fingerprint density at radius 1 is 0.606 bits per heavy atom. The molecule has 0 heterocycles. The van der Waals surface area contributed by atoms with Crippen LogP contribution in [0.1, 0.15) is 20.8 Å². The van der Waals surface area contributed by atoms with Crippen molar-refractivity contribution in [1.82, 2.24) is 4.90 Å². The molecule has 10 nitrogen and oxygen atoms in total. The van der Waals surface area contributed by atoms with E-state index in [4.69, 9.17) is 49.5 Å². The molecule has 1 amide bonds. The fourth-order valence-corrected chi connectivity index (χ4v) is 2.22. The van der Waals surface area contributed by atoms with Crippen LogP contribution in [0.15, 0.2) is 0 Å². The molecule has 0 aliphatic rings. The highest BCUT2D eigenvalue weighted by molar-refractivity contribution is 6.17. The number of hydrogen-bond donors (Lipinski definition) is 0. The predicted molar refractivity (Wildman–Crippen MR) is 125 cm³/mol. The molecule has 198 valence electrons. The molecule has 0 aromatic rings. The van der Waals surface area contributed by atoms with Crippen LogP contribution in [0.3, 0.4) is 0 Å². The summed E-state index contributed by atoms with van der Waals surface area (Å²) in [5.74, 6) is 0.497. The van der Waals surface area contributed by atoms with Gasteiger partial charge in [0.2, 0.25) is 0 Å². The summed E-state index contributed by atoms with van der Waals surface area (Å²) in [4.78, 5) is 13.3. The second kappa shape index (κ2) is 23.0. The quantitative estimate of drug-likeness (QED) is 0.154. The number of rotatable bonds is 23. The first kappa shape index (κ1) is 32.3. The fourth-order valence-electron chi connectivity index (χ4n) is 2.11. The monoisotopic (exact) mass is 501 g/mol. The van der Waals surface area contributed by atoms with Crippen molar-refractivity contribution in [2.24, 2.45) is 0 Å². The zero-order chi connectivity index (χ0) is 24.6. The van der Waals surface area contributed by atoms with Crippen molar-refractivity contribution >= 4 is 17.7 Å². The van der Waals surface area contributed by atoms with Crippen molar-refractivity contribution < 1.29 is 42.7 Å². The van der Waals surface area contributed by atoms with Crippen molar-refractivity contribution in [3.8, 4) is 0 Å². The summed E-state index contributed by atoms with van der Waals surface area (Å²) in [6.45, 7) is 13.0. The van der Waals surface area contributed by atoms with Crippen LogP contribution in [0.25, 0.3) is 0 Å². The molecule has 11 heteroatoms. The third-order valence-electron chi connectivity index (χ3n) is 3.73. The Balaban J connectivity index is 3.19. The van der Waals surface area contributed by atoms with Crippen molar-refractivity contribution in [3.63, 3.8) is 0 Å². The number of halogens is 1. The third-order valence-corrected chi connectivity index (χ3v) is 3.88. The molecule has 0 atom stereocenters. The number of ether oxygens (including phenoxy) is 8. The van der Waals surface area contributed by atoms with E-state index in [0.717, 1.165) is 0 Å². The lowest BCUT2D eigenvalue weighted by Gasteiger charge is -2.24. The van der Waals surface area contributed by atoms with Crippen molar-refractivity contribution in [3.05, 3.63) is 0 Å². The molecule has 0 unspecified atom stereocenters. The van der Waals surface area contributed by atoms with Crippen LogP contribution in [-0.2, 0) is 37.9 Å². The Kier molecular flexibility index (Phi) is 22.5. The maximum Gasteiger partial charge on any atom is 0.410 e. The summed E-state index contributed by atoms with van der Waals surface area (Å²) in [5.41, 5.74) is -0.501. The van der Waals surface area contributed by atoms with E-state index in [0.29, 0.717) is 105 Å². The molecule has 0 saturated carbocycles. The van der Waals surface area contributed by atoms with Crippen LogP contribution >= 0.6 is 11.6 Å². The van der Waals surface area contributed by atoms with Gasteiger partial charge in [0.25, 0.3) is 0 Å². The molecule has 0 rings (SSSR count). The highest BCUT2D eigenvalue weighted by atomic mass is 35.5. The van der Waals surface area contributed by atoms with Crippen molar-refractivity contribution in [2.45, 2.75) is 26.4 Å². The average Bonchev–Trinajstić information content (AvgIpc) is 2.76. The molecule has 0 bridgehead atoms. The number of alkyl halides is 1. The van der Waals surface area contributed by atoms with Crippen molar-refractivity contribution in [1.29, 1.82) is 0 Å². The standard InChI is InChI=1S/C22H44ClNO9/c1-22(2,3)33-21(25)24(4)6-8-27-10-12-29-14-16-31-18-20-32-19-17-30-15-13-28-11-9-26-7-5-23/h5-20H2,1-4H3. The van der Waals surface area contributed by atoms with Gasteiger partial charge in [0.15, 0.2) is 0 Å². The van der Waals surface area contributed by atoms with Gasteiger partial charge in [-0.3, -0.25) is 0 Å². The van der Waals surface area contributed by atoms with Crippen LogP contribution in [0.5, 0.6) is 0 Å². The summed E-state index contributed by atoms with van der Waals surface area (Å²) in [6.07, 6.45) is -0.360. The lowest BCUT2D eigenvalue weighted by molar-refractivity contribution is -0.0208. The lowest BCUT2D eigenvalue weighted by atomic mass is 10.2. The smallest absolute Gasteiger partial charge is 0.410 e. The van der Waals surface area contributed by atoms with Crippen LogP contribution in [-0.4, -0.2) is 129 Å². The van der Waals surface area contributed by atoms with Gasteiger partial charge in [0.05, 0.1) is 92.5 Å². The van der Waals surface area contributed by atoms with Gasteiger partial charge < -0.3 is 42.8 Å². The van der Waals surface area contributed by atoms with Crippen molar-refractivity contribution in [2.75, 3.05) is 112 Å². The van der Waals surface area contributed by atoms with E-state index in [9.17, 15) is 4.79 Å². The van der Waals surface area contributed by atoms with Gasteiger partial charge >= 0.3 is 6.09 Å². The second-order valence-corrected chi connectivity index (χ2v) is 8.26. The number of nitrogens with zero attached hydrogens (tertiary/aromatic N) is 1. The molecule has 0 spiro atoms. The van der Waals surface area contributed by atoms with Gasteiger partial charge in [-0.2, -0.15) is 0 Å². The van der Waals surface area contributed by atoms with E-state index in [1.54, 1.807) is 7.05 Å². The minimum atomic E-state index is -0.501. The molecule has 0 aliphatic heterocycles. The van der Waals surface area contributed by atoms with E-state index in [-0.39, 0.29) is 6.09 Å². The highest BCUT2D eigenvalue weighted by Crippen LogP contribution is 2.08. The second-order valence-electron chi connectivity index (χ2n) is 7.88. The summed E-state index contributed by atoms with van der Waals surface area (Å²) < 4.78 is 42.9. The highest BCUT2D eigenvalue weighted by Gasteiger charge is 2.19. The van der Waals surface area contributed by atoms with Gasteiger partial charge in [-0.1, -0.05) is 0 Å². The van der Waals surface area contributed by atoms with E-state index in [2.05, 4.69) is 0 Å². The molecule has 0 aromatic heterocycles. The number of carbonyl (C=O) groups is 1. The number of carbonyl (C=O) groups excluding carboxylic acids is 1. The summed E-state index contributed by atoms with van der Waals surface area (Å²) in [5, 5.41) is 0. The Morgan fingerprint density at radius 2 is 0.909 bits per heavy atom. The largest absolute Gasteiger partial charge is 0.444 e. The van der Waals surface area contributed by atoms with E-state index < -0.39 is 5.60 Å². The van der Waals surface area contributed by atoms with E-state index in [1.807, 2.05) is 20.8 Å². The molecule has 0 aromatic carbocycles. The number of likely N-dealkylation sites (N-methyl/N-ethyl adjacent to an activating group) is 1. The Morgan fingerprint density at radius 3 is 1.21 bits per heavy atom. The van der Waals surface area contributed by atoms with Gasteiger partial charge in [0.1, 0.15) is 5.60 Å². The first-order chi connectivity index (χ1) is 15.9. The lowest BCUT2D eigenvalue weighted by Crippen LogP contribution is -2.36. The maximum absolute atomic E-state index is 11.8. The summed E-state index contributed by atoms with van der Waals surface area (Å²) in [6, 6.07) is 0. The molecular formula is C22H44ClNO9. The molecular weight excluding hydrogens is 458 g/mol. The first-order valence-electron chi connectivity index (χ1n) is 11.4. The number of amides is 1. The Bertz CT molecular complexity index is 439. The molecule has 0 N–H and O–H groups in total. The molecule has 0 saturated heterocycles. The Hall–Kier alpha value is -0.720. The topological polar surface area (TPSA) is 94.2 Å². The third kappa shape index (κ3) is 25.7. The average molecular weight is 502 g/mol. The van der Waals surface area contributed by atoms with Crippen LogP contribution in [0, 0.1) is 0 Å². The zero-order valence-corrected chi connectivity index (χ0v) is 21.6. The Labute approximate surface area is 204 Å². The SMILES string of the molecule is CN(CCOCCOCCOCCOCCOCCOCCOCCCl)C(=O)OC(C)(C)C. The number of hydrogen-bond acceptors (Lipinski definition) is 9. The first-order valence-corrected chi connectivity index (χ1v) is 11.9. The maximum atomic E-state index is 11.8. The van der Waals surface area contributed by atoms with Crippen LogP contribution in [0.2, 0.25) is 0 Å². The van der Waals surface area contributed by atoms with Gasteiger partial charge in [-0.25, -0.2) is 4.79 Å². The molecule has 0 fully saturated rings. The normalized spacial score (nSPS) is 11.7. The van der Waals surface area contributed by atoms with Gasteiger partial charge in [-0.15, -0.1) is 11.6 Å². The van der Waals surface area contributed by atoms with Crippen LogP contribution in [0.4, 0.5) is 4.79 Å². The zero-order valence-electron chi connectivity index (χ0n) is 20.8. The van der Waals surface area contributed by atoms with E-state index in [1.165, 1.54) is 4.90 Å². The van der Waals surface area contributed by atoms with Crippen LogP contribution < -0.4 is 0 Å². The summed E-state index contributed by atoms with van der Waals surface area (Å²) in [7, 11) is 1.68. The fraction of sp³-hybridized carbons (Fsp3) is 0.955. The van der Waals surface area contributed by atoms with E-state index >= 15 is 0 Å². The van der Waals surface area contributed by atoms with Gasteiger partial charge in [0, 0.05) is 19.5 Å². The molecule has 0 radical (unpaired) electrons. The predicted octanol–water partition coefficient (Wildman–Crippen LogP) is 2.21. The summed E-state index contributed by atoms with van der Waals surface area (Å²) >= 11 is 5.49.